The first-order valence-corrected chi connectivity index (χ1v) is 9.50. The van der Waals surface area contributed by atoms with Gasteiger partial charge in [-0.15, -0.1) is 0 Å². The third-order valence-corrected chi connectivity index (χ3v) is 5.53. The van der Waals surface area contributed by atoms with Gasteiger partial charge < -0.3 is 0 Å². The summed E-state index contributed by atoms with van der Waals surface area (Å²) in [6.07, 6.45) is 1.02. The lowest BCUT2D eigenvalue weighted by atomic mass is 9.83. The van der Waals surface area contributed by atoms with Gasteiger partial charge in [0, 0.05) is 16.0 Å². The second kappa shape index (κ2) is 9.27. The molecule has 0 radical (unpaired) electrons. The smallest absolute Gasteiger partial charge is 0.0473 e. The Morgan fingerprint density at radius 3 is 1.40 bits per heavy atom. The first-order chi connectivity index (χ1) is 11.9. The fourth-order valence-electron chi connectivity index (χ4n) is 3.08. The van der Waals surface area contributed by atoms with Gasteiger partial charge in [0.1, 0.15) is 0 Å². The summed E-state index contributed by atoms with van der Waals surface area (Å²) in [5.74, 6) is 0.774. The van der Waals surface area contributed by atoms with Crippen molar-refractivity contribution in [1.82, 2.24) is 0 Å². The molecule has 0 amide bonds. The number of halogens is 2. The van der Waals surface area contributed by atoms with Crippen LogP contribution in [0.1, 0.15) is 45.2 Å². The molecule has 0 fully saturated rings. The van der Waals surface area contributed by atoms with Crippen LogP contribution in [0, 0.1) is 11.8 Å². The molecule has 0 spiro atoms. The van der Waals surface area contributed by atoms with Crippen LogP contribution in [0.25, 0.3) is 10.1 Å². The quantitative estimate of drug-likeness (QED) is 0.481. The van der Waals surface area contributed by atoms with Crippen LogP contribution in [0.4, 0.5) is 0 Å². The van der Waals surface area contributed by atoms with Gasteiger partial charge in [0.05, 0.1) is 0 Å². The van der Waals surface area contributed by atoms with Crippen LogP contribution in [0.15, 0.2) is 71.8 Å². The van der Waals surface area contributed by atoms with Gasteiger partial charge in [0.15, 0.2) is 0 Å². The molecule has 0 nitrogen and oxygen atoms in total. The van der Waals surface area contributed by atoms with Crippen LogP contribution in [-0.4, -0.2) is 0 Å². The van der Waals surface area contributed by atoms with E-state index in [4.69, 9.17) is 23.2 Å². The molecular formula is C23H26Cl2. The van der Waals surface area contributed by atoms with Crippen LogP contribution >= 0.6 is 23.2 Å². The highest BCUT2D eigenvalue weighted by atomic mass is 35.5. The van der Waals surface area contributed by atoms with Gasteiger partial charge in [0.25, 0.3) is 0 Å². The second-order valence-corrected chi connectivity index (χ2v) is 7.66. The molecule has 0 aliphatic carbocycles. The van der Waals surface area contributed by atoms with E-state index in [1.807, 2.05) is 36.4 Å². The lowest BCUT2D eigenvalue weighted by Crippen LogP contribution is -2.10. The van der Waals surface area contributed by atoms with Crippen LogP contribution < -0.4 is 0 Å². The lowest BCUT2D eigenvalue weighted by molar-refractivity contribution is 0.504. The molecule has 0 aliphatic heterocycles. The van der Waals surface area contributed by atoms with E-state index in [-0.39, 0.29) is 5.92 Å². The molecule has 25 heavy (non-hydrogen) atoms. The molecule has 0 heterocycles. The van der Waals surface area contributed by atoms with Gasteiger partial charge in [0.2, 0.25) is 0 Å². The predicted octanol–water partition coefficient (Wildman–Crippen LogP) is 7.99. The van der Waals surface area contributed by atoms with Crippen LogP contribution in [0.3, 0.4) is 0 Å². The van der Waals surface area contributed by atoms with Crippen molar-refractivity contribution >= 4 is 33.3 Å². The SMILES string of the molecule is C/C(=C(/Cl)c1ccccc1)C(CC(C)C)/C(C)=C(/Cl)c1ccccc1. The van der Waals surface area contributed by atoms with Crippen molar-refractivity contribution in [2.24, 2.45) is 11.8 Å². The summed E-state index contributed by atoms with van der Waals surface area (Å²) < 4.78 is 0. The standard InChI is InChI=1S/C23H26Cl2/c1-16(2)15-21(17(3)22(24)19-11-7-5-8-12-19)18(4)23(25)20-13-9-6-10-14-20/h5-14,16,21H,15H2,1-4H3/b22-17-,23-18+. The summed E-state index contributed by atoms with van der Waals surface area (Å²) in [5, 5.41) is 1.64. The number of hydrogen-bond acceptors (Lipinski definition) is 0. The van der Waals surface area contributed by atoms with Crippen molar-refractivity contribution in [3.8, 4) is 0 Å². The number of allylic oxidation sites excluding steroid dienone is 2. The number of rotatable bonds is 6. The molecule has 1 atom stereocenters. The summed E-state index contributed by atoms with van der Waals surface area (Å²) in [6, 6.07) is 20.3. The van der Waals surface area contributed by atoms with Crippen molar-refractivity contribution in [3.05, 3.63) is 82.9 Å². The maximum absolute atomic E-state index is 6.74. The van der Waals surface area contributed by atoms with Gasteiger partial charge in [-0.2, -0.15) is 0 Å². The normalized spacial score (nSPS) is 14.8. The van der Waals surface area contributed by atoms with E-state index in [0.29, 0.717) is 5.92 Å². The Hall–Kier alpha value is -1.50. The average molecular weight is 373 g/mol. The molecule has 1 unspecified atom stereocenters. The molecule has 132 valence electrons. The Kier molecular flexibility index (Phi) is 7.35. The highest BCUT2D eigenvalue weighted by Gasteiger charge is 2.21. The maximum Gasteiger partial charge on any atom is 0.0473 e. The van der Waals surface area contributed by atoms with E-state index < -0.39 is 0 Å². The zero-order valence-electron chi connectivity index (χ0n) is 15.4. The molecule has 0 aliphatic rings. The second-order valence-electron chi connectivity index (χ2n) is 6.91. The first-order valence-electron chi connectivity index (χ1n) is 8.75. The monoisotopic (exact) mass is 372 g/mol. The molecule has 0 saturated heterocycles. The van der Waals surface area contributed by atoms with E-state index in [9.17, 15) is 0 Å². The van der Waals surface area contributed by atoms with Crippen LogP contribution in [0.2, 0.25) is 0 Å². The summed E-state index contributed by atoms with van der Waals surface area (Å²) in [6.45, 7) is 8.73. The molecule has 0 bridgehead atoms. The Labute approximate surface area is 162 Å². The average Bonchev–Trinajstić information content (AvgIpc) is 2.65. The van der Waals surface area contributed by atoms with E-state index in [1.165, 1.54) is 11.1 Å². The minimum atomic E-state index is 0.223. The Balaban J connectivity index is 2.49. The van der Waals surface area contributed by atoms with Crippen molar-refractivity contribution < 1.29 is 0 Å². The minimum absolute atomic E-state index is 0.223. The topological polar surface area (TPSA) is 0 Å². The summed E-state index contributed by atoms with van der Waals surface area (Å²) >= 11 is 13.5. The fourth-order valence-corrected chi connectivity index (χ4v) is 3.60. The van der Waals surface area contributed by atoms with Crippen molar-refractivity contribution in [2.45, 2.75) is 34.1 Å². The Morgan fingerprint density at radius 1 is 0.720 bits per heavy atom. The first kappa shape index (κ1) is 19.8. The Bertz CT molecular complexity index is 679. The molecule has 2 rings (SSSR count). The van der Waals surface area contributed by atoms with Gasteiger partial charge in [-0.05, 0) is 48.5 Å². The molecular weight excluding hydrogens is 347 g/mol. The summed E-state index contributed by atoms with van der Waals surface area (Å²) in [7, 11) is 0. The highest BCUT2D eigenvalue weighted by Crippen LogP contribution is 2.38. The van der Waals surface area contributed by atoms with Gasteiger partial charge in [-0.1, -0.05) is 97.7 Å². The van der Waals surface area contributed by atoms with E-state index in [0.717, 1.165) is 27.6 Å². The summed E-state index contributed by atoms with van der Waals surface area (Å²) in [5.41, 5.74) is 4.46. The molecule has 2 heteroatoms. The van der Waals surface area contributed by atoms with Gasteiger partial charge in [-0.3, -0.25) is 0 Å². The van der Waals surface area contributed by atoms with Crippen molar-refractivity contribution in [3.63, 3.8) is 0 Å². The third kappa shape index (κ3) is 5.23. The van der Waals surface area contributed by atoms with E-state index in [1.54, 1.807) is 0 Å². The van der Waals surface area contributed by atoms with Crippen molar-refractivity contribution in [1.29, 1.82) is 0 Å². The zero-order valence-corrected chi connectivity index (χ0v) is 16.9. The van der Waals surface area contributed by atoms with Gasteiger partial charge >= 0.3 is 0 Å². The molecule has 0 aromatic heterocycles. The fraction of sp³-hybridized carbons (Fsp3) is 0.304. The molecule has 2 aromatic carbocycles. The molecule has 0 saturated carbocycles. The largest absolute Gasteiger partial charge is 0.0837 e. The molecule has 0 N–H and O–H groups in total. The van der Waals surface area contributed by atoms with E-state index in [2.05, 4.69) is 52.0 Å². The third-order valence-electron chi connectivity index (χ3n) is 4.50. The Morgan fingerprint density at radius 2 is 1.08 bits per heavy atom. The zero-order chi connectivity index (χ0) is 18.4. The van der Waals surface area contributed by atoms with Crippen molar-refractivity contribution in [2.75, 3.05) is 0 Å². The summed E-state index contributed by atoms with van der Waals surface area (Å²) in [4.78, 5) is 0. The number of hydrogen-bond donors (Lipinski definition) is 0. The number of benzene rings is 2. The highest BCUT2D eigenvalue weighted by molar-refractivity contribution is 6.50. The van der Waals surface area contributed by atoms with Gasteiger partial charge in [-0.25, -0.2) is 0 Å². The lowest BCUT2D eigenvalue weighted by Gasteiger charge is -2.24. The minimum Gasteiger partial charge on any atom is -0.0837 e. The molecule has 2 aromatic rings. The van der Waals surface area contributed by atoms with Crippen LogP contribution in [0.5, 0.6) is 0 Å². The van der Waals surface area contributed by atoms with E-state index >= 15 is 0 Å². The predicted molar refractivity (Wildman–Crippen MR) is 113 cm³/mol. The van der Waals surface area contributed by atoms with Crippen LogP contribution in [-0.2, 0) is 0 Å². The maximum atomic E-state index is 6.74.